The fraction of sp³-hybridized carbons (Fsp3) is 0.349. The number of halogens is 3. The van der Waals surface area contributed by atoms with E-state index in [1.54, 1.807) is 54.7 Å². The summed E-state index contributed by atoms with van der Waals surface area (Å²) in [4.78, 5) is 52.1. The van der Waals surface area contributed by atoms with Crippen molar-refractivity contribution in [2.24, 2.45) is 11.5 Å². The van der Waals surface area contributed by atoms with E-state index in [1.165, 1.54) is 18.1 Å². The van der Waals surface area contributed by atoms with E-state index in [1.807, 2.05) is 24.3 Å². The van der Waals surface area contributed by atoms with Crippen LogP contribution >= 0.6 is 11.8 Å². The number of hydrogen-bond acceptors (Lipinski definition) is 8. The molecule has 1 aliphatic rings. The van der Waals surface area contributed by atoms with Gasteiger partial charge in [0, 0.05) is 54.8 Å². The Balaban J connectivity index is 1.49. The fourth-order valence-corrected chi connectivity index (χ4v) is 8.34. The zero-order valence-electron chi connectivity index (χ0n) is 32.3. The highest BCUT2D eigenvalue weighted by atomic mass is 32.2. The van der Waals surface area contributed by atoms with Crippen LogP contribution in [0.1, 0.15) is 54.4 Å². The number of hydrogen-bond donors (Lipinski definition) is 6. The Bertz CT molecular complexity index is 2200. The zero-order chi connectivity index (χ0) is 41.2. The summed E-state index contributed by atoms with van der Waals surface area (Å²) >= 11 is 0.856. The number of nitrogens with zero attached hydrogens (tertiary/aromatic N) is 2. The third-order valence-electron chi connectivity index (χ3n) is 10.4. The molecule has 3 unspecified atom stereocenters. The van der Waals surface area contributed by atoms with Gasteiger partial charge in [0.05, 0.1) is 11.6 Å². The van der Waals surface area contributed by atoms with Crippen LogP contribution in [0.2, 0.25) is 0 Å². The van der Waals surface area contributed by atoms with Crippen LogP contribution in [0.15, 0.2) is 101 Å². The summed E-state index contributed by atoms with van der Waals surface area (Å²) in [5.74, 6) is -1.50. The van der Waals surface area contributed by atoms with E-state index >= 15 is 13.2 Å². The van der Waals surface area contributed by atoms with Crippen LogP contribution in [-0.4, -0.2) is 70.9 Å². The molecule has 0 radical (unpaired) electrons. The lowest BCUT2D eigenvalue weighted by molar-refractivity contribution is -0.142. The van der Waals surface area contributed by atoms with Gasteiger partial charge in [-0.15, -0.1) is 0 Å². The average molecular weight is 815 g/mol. The highest BCUT2D eigenvalue weighted by Gasteiger charge is 2.37. The molecule has 58 heavy (non-hydrogen) atoms. The number of unbranched alkanes of at least 4 members (excludes halogenated alkanes) is 1. The van der Waals surface area contributed by atoms with E-state index in [9.17, 15) is 14.4 Å². The number of nitrogens with one attached hydrogen (secondary N) is 4. The van der Waals surface area contributed by atoms with Gasteiger partial charge in [-0.25, -0.2) is 4.98 Å². The van der Waals surface area contributed by atoms with Gasteiger partial charge in [-0.1, -0.05) is 66.4 Å². The number of aromatic amines is 1. The maximum Gasteiger partial charge on any atom is 0.417 e. The summed E-state index contributed by atoms with van der Waals surface area (Å²) in [6.07, 6.45) is 0.850. The number of para-hydroxylation sites is 1. The Morgan fingerprint density at radius 1 is 0.828 bits per heavy atom. The van der Waals surface area contributed by atoms with Crippen molar-refractivity contribution in [3.05, 3.63) is 114 Å². The van der Waals surface area contributed by atoms with E-state index in [0.717, 1.165) is 34.3 Å². The van der Waals surface area contributed by atoms with Crippen molar-refractivity contribution < 1.29 is 27.6 Å². The van der Waals surface area contributed by atoms with Crippen molar-refractivity contribution in [3.8, 4) is 11.1 Å². The molecule has 0 aliphatic carbocycles. The highest BCUT2D eigenvalue weighted by Crippen LogP contribution is 2.44. The molecule has 306 valence electrons. The van der Waals surface area contributed by atoms with Crippen LogP contribution in [0.4, 0.5) is 13.2 Å². The molecule has 0 fully saturated rings. The minimum atomic E-state index is -4.77. The third kappa shape index (κ3) is 10.3. The molecule has 1 aliphatic heterocycles. The van der Waals surface area contributed by atoms with E-state index in [0.29, 0.717) is 60.5 Å². The normalized spacial score (nSPS) is 18.6. The molecule has 15 heteroatoms. The Labute approximate surface area is 339 Å². The number of pyridine rings is 1. The molecule has 3 amide bonds. The molecule has 6 rings (SSSR count). The summed E-state index contributed by atoms with van der Waals surface area (Å²) < 4.78 is 45.5. The van der Waals surface area contributed by atoms with Gasteiger partial charge >= 0.3 is 6.18 Å². The second-order valence-corrected chi connectivity index (χ2v) is 15.4. The van der Waals surface area contributed by atoms with Crippen molar-refractivity contribution in [3.63, 3.8) is 0 Å². The maximum absolute atomic E-state index is 15.2. The number of carbonyl (C=O) groups excluding carboxylic acids is 3. The van der Waals surface area contributed by atoms with E-state index in [-0.39, 0.29) is 36.4 Å². The number of H-pyrrole nitrogens is 1. The molecule has 0 saturated heterocycles. The van der Waals surface area contributed by atoms with Crippen LogP contribution in [0.5, 0.6) is 0 Å². The van der Waals surface area contributed by atoms with Crippen molar-refractivity contribution in [1.82, 2.24) is 30.8 Å². The van der Waals surface area contributed by atoms with Gasteiger partial charge in [0.1, 0.15) is 17.1 Å². The lowest BCUT2D eigenvalue weighted by Crippen LogP contribution is -2.57. The summed E-state index contributed by atoms with van der Waals surface area (Å²) in [5.41, 5.74) is 14.1. The molecule has 5 aromatic rings. The van der Waals surface area contributed by atoms with Gasteiger partial charge in [0.25, 0.3) is 0 Å². The summed E-state index contributed by atoms with van der Waals surface area (Å²) in [6.45, 7) is 0.516. The predicted octanol–water partition coefficient (Wildman–Crippen LogP) is 5.91. The molecular formula is C43H49F3N8O3S. The number of carbonyl (C=O) groups is 3. The molecule has 0 bridgehead atoms. The molecule has 3 atom stereocenters. The Morgan fingerprint density at radius 3 is 2.33 bits per heavy atom. The number of aromatic nitrogens is 2. The SMILES string of the molecule is CN1C(=O)C(CCCCN)NC(=O)C(CCCN)NCc2cccnc2Sc2c(cc(-c3ccccc3)cc2C(F)(F)F)CNC(=O)C1Cc1c[nH]c2ccccc12. The minimum absolute atomic E-state index is 0.0823. The van der Waals surface area contributed by atoms with Crippen LogP contribution < -0.4 is 27.4 Å². The molecule has 3 heterocycles. The van der Waals surface area contributed by atoms with Gasteiger partial charge in [-0.2, -0.15) is 13.2 Å². The lowest BCUT2D eigenvalue weighted by atomic mass is 9.98. The first-order chi connectivity index (χ1) is 28.0. The number of rotatable bonds is 10. The van der Waals surface area contributed by atoms with Crippen molar-refractivity contribution in [2.75, 3.05) is 20.1 Å². The standard InChI is InChI=1S/C43H49F3N8O3S/c1-54-37(23-30-25-50-34-15-6-5-14-32(30)34)40(56)52-26-31-21-29(27-11-3-2-4-12-27)22-33(43(44,45)46)38(31)58-41-28(13-10-20-49-41)24-51-35(17-9-19-48)39(55)53-36(42(54)57)16-7-8-18-47/h2-6,10-15,20-22,25,35-37,50-51H,7-9,16-19,23-24,26,47-48H2,1H3,(H,52,56)(H,53,55). The molecule has 3 aromatic carbocycles. The zero-order valence-corrected chi connectivity index (χ0v) is 33.1. The van der Waals surface area contributed by atoms with Crippen LogP contribution in [0, 0.1) is 0 Å². The molecule has 11 nitrogen and oxygen atoms in total. The second-order valence-electron chi connectivity index (χ2n) is 14.4. The van der Waals surface area contributed by atoms with Crippen LogP contribution in [-0.2, 0) is 40.1 Å². The first kappa shape index (κ1) is 42.4. The Kier molecular flexibility index (Phi) is 14.2. The highest BCUT2D eigenvalue weighted by molar-refractivity contribution is 7.99. The van der Waals surface area contributed by atoms with E-state index in [4.69, 9.17) is 11.5 Å². The van der Waals surface area contributed by atoms with Gasteiger partial charge < -0.3 is 37.3 Å². The number of amides is 3. The molecule has 0 spiro atoms. The van der Waals surface area contributed by atoms with Crippen molar-refractivity contribution >= 4 is 40.4 Å². The minimum Gasteiger partial charge on any atom is -0.361 e. The average Bonchev–Trinajstić information content (AvgIpc) is 3.64. The topological polar surface area (TPSA) is 171 Å². The first-order valence-electron chi connectivity index (χ1n) is 19.4. The predicted molar refractivity (Wildman–Crippen MR) is 219 cm³/mol. The van der Waals surface area contributed by atoms with Gasteiger partial charge in [-0.05, 0) is 97.3 Å². The third-order valence-corrected chi connectivity index (χ3v) is 11.6. The fourth-order valence-electron chi connectivity index (χ4n) is 7.21. The van der Waals surface area contributed by atoms with Crippen LogP contribution in [0.25, 0.3) is 22.0 Å². The van der Waals surface area contributed by atoms with Crippen molar-refractivity contribution in [2.45, 2.75) is 85.8 Å². The summed E-state index contributed by atoms with van der Waals surface area (Å²) in [6, 6.07) is 19.6. The van der Waals surface area contributed by atoms with Crippen LogP contribution in [0.3, 0.4) is 0 Å². The molecule has 0 saturated carbocycles. The molecule has 8 N–H and O–H groups in total. The number of fused-ring (bicyclic) bond motifs is 3. The lowest BCUT2D eigenvalue weighted by Gasteiger charge is -2.32. The Morgan fingerprint density at radius 2 is 1.57 bits per heavy atom. The second kappa shape index (κ2) is 19.5. The smallest absolute Gasteiger partial charge is 0.361 e. The van der Waals surface area contributed by atoms with Crippen molar-refractivity contribution in [1.29, 1.82) is 0 Å². The van der Waals surface area contributed by atoms with E-state index < -0.39 is 47.6 Å². The Hall–Kier alpha value is -5.22. The van der Waals surface area contributed by atoms with Gasteiger partial charge in [0.15, 0.2) is 0 Å². The quantitative estimate of drug-likeness (QED) is 0.0946. The van der Waals surface area contributed by atoms with Gasteiger partial charge in [0.2, 0.25) is 17.7 Å². The van der Waals surface area contributed by atoms with Gasteiger partial charge in [-0.3, -0.25) is 14.4 Å². The number of likely N-dealkylation sites (N-methyl/N-ethyl adjacent to an activating group) is 1. The maximum atomic E-state index is 15.2. The summed E-state index contributed by atoms with van der Waals surface area (Å²) in [7, 11) is 1.52. The number of alkyl halides is 3. The first-order valence-corrected chi connectivity index (χ1v) is 20.2. The molecular weight excluding hydrogens is 766 g/mol. The largest absolute Gasteiger partial charge is 0.417 e. The van der Waals surface area contributed by atoms with E-state index in [2.05, 4.69) is 25.9 Å². The monoisotopic (exact) mass is 814 g/mol. The summed E-state index contributed by atoms with van der Waals surface area (Å²) in [5, 5.41) is 10.3. The number of benzene rings is 3. The molecule has 2 aromatic heterocycles. The number of nitrogens with two attached hydrogens (primary N) is 2.